The van der Waals surface area contributed by atoms with Crippen molar-refractivity contribution in [2.75, 3.05) is 27.9 Å². The summed E-state index contributed by atoms with van der Waals surface area (Å²) in [6, 6.07) is 7.79. The molecule has 0 spiro atoms. The third-order valence-corrected chi connectivity index (χ3v) is 2.32. The van der Waals surface area contributed by atoms with Crippen LogP contribution in [0.3, 0.4) is 0 Å². The van der Waals surface area contributed by atoms with Crippen LogP contribution >= 0.6 is 0 Å². The lowest BCUT2D eigenvalue weighted by molar-refractivity contribution is -0.125. The molecular formula is C15H24N2O4. The van der Waals surface area contributed by atoms with Gasteiger partial charge in [0.05, 0.1) is 13.2 Å². The lowest BCUT2D eigenvalue weighted by Gasteiger charge is -2.06. The first-order valence-corrected chi connectivity index (χ1v) is 6.51. The van der Waals surface area contributed by atoms with Crippen molar-refractivity contribution >= 4 is 11.8 Å². The standard InChI is InChI=1S/C13H18N2O3.C2H6O/c1-10(16)14-8-13(17)15-7-11-3-5-12(6-4-11)9-18-2;1-3-2/h3-6H,7-9H2,1-2H3,(H,14,16)(H,15,17);1-2H3. The number of carbonyl (C=O) groups excluding carboxylic acids is 2. The Bertz CT molecular complexity index is 418. The summed E-state index contributed by atoms with van der Waals surface area (Å²) in [5.74, 6) is -0.416. The Morgan fingerprint density at radius 1 is 1.00 bits per heavy atom. The SMILES string of the molecule is COC.COCc1ccc(CNC(=O)CNC(C)=O)cc1. The molecule has 1 rings (SSSR count). The molecule has 0 atom stereocenters. The van der Waals surface area contributed by atoms with Crippen LogP contribution in [0.5, 0.6) is 0 Å². The van der Waals surface area contributed by atoms with Gasteiger partial charge >= 0.3 is 0 Å². The van der Waals surface area contributed by atoms with Gasteiger partial charge in [0.1, 0.15) is 0 Å². The molecule has 0 saturated carbocycles. The number of amides is 2. The van der Waals surface area contributed by atoms with Gasteiger partial charge in [0, 0.05) is 34.8 Å². The Morgan fingerprint density at radius 3 is 2.00 bits per heavy atom. The first-order valence-electron chi connectivity index (χ1n) is 6.51. The Morgan fingerprint density at radius 2 is 1.52 bits per heavy atom. The Labute approximate surface area is 125 Å². The number of rotatable bonds is 6. The van der Waals surface area contributed by atoms with Crippen molar-refractivity contribution in [3.63, 3.8) is 0 Å². The highest BCUT2D eigenvalue weighted by atomic mass is 16.5. The minimum Gasteiger partial charge on any atom is -0.388 e. The first-order chi connectivity index (χ1) is 10.0. The molecule has 0 saturated heterocycles. The van der Waals surface area contributed by atoms with E-state index in [1.165, 1.54) is 6.92 Å². The van der Waals surface area contributed by atoms with E-state index < -0.39 is 0 Å². The summed E-state index contributed by atoms with van der Waals surface area (Å²) < 4.78 is 9.26. The molecule has 0 aromatic heterocycles. The summed E-state index contributed by atoms with van der Waals surface area (Å²) in [5, 5.41) is 5.16. The van der Waals surface area contributed by atoms with Gasteiger partial charge in [0.25, 0.3) is 0 Å². The largest absolute Gasteiger partial charge is 0.388 e. The van der Waals surface area contributed by atoms with Gasteiger partial charge in [0.15, 0.2) is 0 Å². The van der Waals surface area contributed by atoms with Gasteiger partial charge in [-0.25, -0.2) is 0 Å². The second kappa shape index (κ2) is 11.9. The predicted octanol–water partition coefficient (Wildman–Crippen LogP) is 0.848. The monoisotopic (exact) mass is 296 g/mol. The molecule has 6 nitrogen and oxygen atoms in total. The van der Waals surface area contributed by atoms with E-state index in [4.69, 9.17) is 4.74 Å². The summed E-state index contributed by atoms with van der Waals surface area (Å²) in [6.45, 7) is 2.42. The van der Waals surface area contributed by atoms with Crippen LogP contribution in [0, 0.1) is 0 Å². The highest BCUT2D eigenvalue weighted by Crippen LogP contribution is 2.05. The fourth-order valence-electron chi connectivity index (χ4n) is 1.39. The molecule has 0 heterocycles. The van der Waals surface area contributed by atoms with Crippen molar-refractivity contribution in [3.05, 3.63) is 35.4 Å². The van der Waals surface area contributed by atoms with Crippen molar-refractivity contribution in [2.45, 2.75) is 20.1 Å². The number of hydrogen-bond acceptors (Lipinski definition) is 4. The van der Waals surface area contributed by atoms with E-state index in [1.807, 2.05) is 24.3 Å². The van der Waals surface area contributed by atoms with Crippen LogP contribution in [-0.4, -0.2) is 39.7 Å². The molecule has 6 heteroatoms. The van der Waals surface area contributed by atoms with Crippen molar-refractivity contribution in [1.82, 2.24) is 10.6 Å². The number of hydrogen-bond donors (Lipinski definition) is 2. The van der Waals surface area contributed by atoms with Crippen molar-refractivity contribution in [1.29, 1.82) is 0 Å². The normalized spacial score (nSPS) is 9.33. The highest BCUT2D eigenvalue weighted by Gasteiger charge is 2.02. The molecule has 1 aromatic carbocycles. The molecule has 1 aromatic rings. The zero-order chi connectivity index (χ0) is 16.1. The smallest absolute Gasteiger partial charge is 0.239 e. The van der Waals surface area contributed by atoms with Gasteiger partial charge in [-0.2, -0.15) is 0 Å². The van der Waals surface area contributed by atoms with E-state index in [0.29, 0.717) is 13.2 Å². The maximum absolute atomic E-state index is 11.3. The summed E-state index contributed by atoms with van der Waals surface area (Å²) in [5.41, 5.74) is 2.09. The van der Waals surface area contributed by atoms with Gasteiger partial charge in [-0.1, -0.05) is 24.3 Å². The number of benzene rings is 1. The number of carbonyl (C=O) groups is 2. The Balaban J connectivity index is 0.00000122. The first kappa shape index (κ1) is 19.1. The van der Waals surface area contributed by atoms with E-state index in [1.54, 1.807) is 21.3 Å². The van der Waals surface area contributed by atoms with Gasteiger partial charge in [-0.3, -0.25) is 9.59 Å². The summed E-state index contributed by atoms with van der Waals surface area (Å²) in [6.07, 6.45) is 0. The van der Waals surface area contributed by atoms with Gasteiger partial charge in [0.2, 0.25) is 11.8 Å². The molecule has 0 aliphatic carbocycles. The average Bonchev–Trinajstić information content (AvgIpc) is 2.45. The zero-order valence-electron chi connectivity index (χ0n) is 13.1. The second-order valence-corrected chi connectivity index (χ2v) is 4.34. The molecule has 0 fully saturated rings. The Kier molecular flexibility index (Phi) is 10.8. The third-order valence-electron chi connectivity index (χ3n) is 2.32. The van der Waals surface area contributed by atoms with Crippen molar-refractivity contribution in [2.24, 2.45) is 0 Å². The average molecular weight is 296 g/mol. The van der Waals surface area contributed by atoms with Crippen LogP contribution in [-0.2, 0) is 32.2 Å². The molecule has 0 aliphatic rings. The maximum Gasteiger partial charge on any atom is 0.239 e. The van der Waals surface area contributed by atoms with Crippen LogP contribution in [0.4, 0.5) is 0 Å². The fraction of sp³-hybridized carbons (Fsp3) is 0.467. The van der Waals surface area contributed by atoms with Crippen LogP contribution < -0.4 is 10.6 Å². The van der Waals surface area contributed by atoms with E-state index in [-0.39, 0.29) is 18.4 Å². The van der Waals surface area contributed by atoms with Crippen LogP contribution in [0.2, 0.25) is 0 Å². The van der Waals surface area contributed by atoms with E-state index in [0.717, 1.165) is 11.1 Å². The van der Waals surface area contributed by atoms with Gasteiger partial charge in [-0.15, -0.1) is 0 Å². The molecular weight excluding hydrogens is 272 g/mol. The van der Waals surface area contributed by atoms with E-state index in [9.17, 15) is 9.59 Å². The lowest BCUT2D eigenvalue weighted by Crippen LogP contribution is -2.35. The quantitative estimate of drug-likeness (QED) is 0.816. The predicted molar refractivity (Wildman–Crippen MR) is 80.6 cm³/mol. The second-order valence-electron chi connectivity index (χ2n) is 4.34. The molecule has 118 valence electrons. The minimum absolute atomic E-state index is 0.0110. The third kappa shape index (κ3) is 10.5. The molecule has 0 bridgehead atoms. The van der Waals surface area contributed by atoms with Crippen molar-refractivity contribution < 1.29 is 19.1 Å². The molecule has 2 N–H and O–H groups in total. The molecule has 0 aliphatic heterocycles. The molecule has 0 radical (unpaired) electrons. The number of methoxy groups -OCH3 is 2. The number of nitrogens with one attached hydrogen (secondary N) is 2. The molecule has 2 amide bonds. The molecule has 0 unspecified atom stereocenters. The van der Waals surface area contributed by atoms with E-state index >= 15 is 0 Å². The summed E-state index contributed by atoms with van der Waals surface area (Å²) in [7, 11) is 4.90. The van der Waals surface area contributed by atoms with Crippen LogP contribution in [0.25, 0.3) is 0 Å². The van der Waals surface area contributed by atoms with Crippen molar-refractivity contribution in [3.8, 4) is 0 Å². The zero-order valence-corrected chi connectivity index (χ0v) is 13.1. The fourth-order valence-corrected chi connectivity index (χ4v) is 1.39. The molecule has 21 heavy (non-hydrogen) atoms. The van der Waals surface area contributed by atoms with Gasteiger partial charge in [-0.05, 0) is 11.1 Å². The van der Waals surface area contributed by atoms with E-state index in [2.05, 4.69) is 15.4 Å². The number of ether oxygens (including phenoxy) is 2. The van der Waals surface area contributed by atoms with Gasteiger partial charge < -0.3 is 20.1 Å². The topological polar surface area (TPSA) is 76.7 Å². The lowest BCUT2D eigenvalue weighted by atomic mass is 10.1. The minimum atomic E-state index is -0.214. The Hall–Kier alpha value is -1.92. The maximum atomic E-state index is 11.3. The summed E-state index contributed by atoms with van der Waals surface area (Å²) >= 11 is 0. The van der Waals surface area contributed by atoms with Crippen LogP contribution in [0.1, 0.15) is 18.1 Å². The highest BCUT2D eigenvalue weighted by molar-refractivity contribution is 5.83. The summed E-state index contributed by atoms with van der Waals surface area (Å²) in [4.78, 5) is 22.0. The van der Waals surface area contributed by atoms with Crippen LogP contribution in [0.15, 0.2) is 24.3 Å².